The third-order valence-corrected chi connectivity index (χ3v) is 2.98. The number of amides is 1. The van der Waals surface area contributed by atoms with Crippen LogP contribution in [0.2, 0.25) is 0 Å². The second-order valence-corrected chi connectivity index (χ2v) is 4.63. The molecule has 1 rings (SSSR count). The lowest BCUT2D eigenvalue weighted by Crippen LogP contribution is -2.44. The summed E-state index contributed by atoms with van der Waals surface area (Å²) in [6.45, 7) is 6.81. The van der Waals surface area contributed by atoms with E-state index in [1.54, 1.807) is 0 Å². The molecule has 0 saturated carbocycles. The highest BCUT2D eigenvalue weighted by atomic mass is 16.1. The van der Waals surface area contributed by atoms with E-state index < -0.39 is 0 Å². The Labute approximate surface area is 103 Å². The number of hydrogen-bond donors (Lipinski definition) is 2. The number of hydrogen-bond acceptors (Lipinski definition) is 2. The zero-order chi connectivity index (χ0) is 12.8. The molecule has 94 valence electrons. The van der Waals surface area contributed by atoms with E-state index in [2.05, 4.69) is 24.4 Å². The Balaban J connectivity index is 2.68. The summed E-state index contributed by atoms with van der Waals surface area (Å²) in [5.74, 6) is -0.0738. The molecule has 3 nitrogen and oxygen atoms in total. The number of primary amides is 1. The molecule has 0 saturated heterocycles. The molecule has 3 N–H and O–H groups in total. The Bertz CT molecular complexity index is 374. The lowest BCUT2D eigenvalue weighted by Gasteiger charge is -2.19. The van der Waals surface area contributed by atoms with Crippen LogP contribution in [0, 0.1) is 5.92 Å². The largest absolute Gasteiger partial charge is 0.368 e. The molecule has 0 aliphatic rings. The molecule has 1 atom stereocenters. The summed E-state index contributed by atoms with van der Waals surface area (Å²) in [5.41, 5.74) is 7.92. The van der Waals surface area contributed by atoms with Gasteiger partial charge in [-0.25, -0.2) is 0 Å². The first-order chi connectivity index (χ1) is 8.06. The first-order valence-electron chi connectivity index (χ1n) is 6.15. The van der Waals surface area contributed by atoms with E-state index in [1.165, 1.54) is 11.1 Å². The fraction of sp³-hybridized carbons (Fsp3) is 0.500. The van der Waals surface area contributed by atoms with Crippen molar-refractivity contribution in [3.8, 4) is 0 Å². The normalized spacial score (nSPS) is 12.7. The zero-order valence-corrected chi connectivity index (χ0v) is 10.9. The van der Waals surface area contributed by atoms with Crippen molar-refractivity contribution < 1.29 is 4.79 Å². The van der Waals surface area contributed by atoms with Crippen molar-refractivity contribution >= 4 is 5.91 Å². The topological polar surface area (TPSA) is 55.1 Å². The summed E-state index contributed by atoms with van der Waals surface area (Å²) in [6.07, 6.45) is 1.00. The molecule has 3 heteroatoms. The van der Waals surface area contributed by atoms with Crippen molar-refractivity contribution in [1.29, 1.82) is 0 Å². The maximum atomic E-state index is 11.3. The van der Waals surface area contributed by atoms with Gasteiger partial charge in [-0.1, -0.05) is 45.0 Å². The molecule has 1 aromatic carbocycles. The Hall–Kier alpha value is -1.35. The first-order valence-corrected chi connectivity index (χ1v) is 6.15. The van der Waals surface area contributed by atoms with Crippen LogP contribution in [0.5, 0.6) is 0 Å². The van der Waals surface area contributed by atoms with Crippen LogP contribution in [0.1, 0.15) is 31.9 Å². The highest BCUT2D eigenvalue weighted by molar-refractivity contribution is 5.80. The highest BCUT2D eigenvalue weighted by Gasteiger charge is 2.18. The van der Waals surface area contributed by atoms with Gasteiger partial charge in [-0.15, -0.1) is 0 Å². The number of carbonyl (C=O) groups is 1. The Morgan fingerprint density at radius 1 is 1.29 bits per heavy atom. The average Bonchev–Trinajstić information content (AvgIpc) is 2.29. The van der Waals surface area contributed by atoms with Crippen LogP contribution < -0.4 is 11.1 Å². The molecule has 1 aromatic rings. The molecule has 1 amide bonds. The minimum Gasteiger partial charge on any atom is -0.368 e. The predicted octanol–water partition coefficient (Wildman–Crippen LogP) is 1.85. The summed E-state index contributed by atoms with van der Waals surface area (Å²) in [6, 6.07) is 8.00. The van der Waals surface area contributed by atoms with Gasteiger partial charge in [0.05, 0.1) is 6.04 Å². The van der Waals surface area contributed by atoms with Crippen LogP contribution in [-0.4, -0.2) is 11.9 Å². The number of nitrogens with one attached hydrogen (secondary N) is 1. The minimum atomic E-state index is -0.283. The molecule has 0 spiro atoms. The number of aryl methyl sites for hydroxylation is 1. The highest BCUT2D eigenvalue weighted by Crippen LogP contribution is 2.10. The van der Waals surface area contributed by atoms with E-state index in [0.29, 0.717) is 6.54 Å². The molecule has 0 radical (unpaired) electrons. The summed E-state index contributed by atoms with van der Waals surface area (Å²) in [5, 5.41) is 3.24. The van der Waals surface area contributed by atoms with E-state index in [-0.39, 0.29) is 17.9 Å². The lowest BCUT2D eigenvalue weighted by atomic mass is 10.0. The number of carbonyl (C=O) groups excluding carboxylic acids is 1. The van der Waals surface area contributed by atoms with E-state index in [9.17, 15) is 4.79 Å². The molecular weight excluding hydrogens is 212 g/mol. The van der Waals surface area contributed by atoms with Crippen LogP contribution in [0.4, 0.5) is 0 Å². The fourth-order valence-corrected chi connectivity index (χ4v) is 1.96. The van der Waals surface area contributed by atoms with Crippen molar-refractivity contribution in [3.05, 3.63) is 35.4 Å². The standard InChI is InChI=1S/C14H22N2O/c1-4-11-7-5-6-8-12(11)9-16-13(10(2)3)14(15)17/h5-8,10,13,16H,4,9H2,1-3H3,(H2,15,17). The minimum absolute atomic E-state index is 0.210. The van der Waals surface area contributed by atoms with Gasteiger partial charge in [0.15, 0.2) is 0 Å². The maximum absolute atomic E-state index is 11.3. The Kier molecular flexibility index (Phi) is 5.16. The summed E-state index contributed by atoms with van der Waals surface area (Å²) in [7, 11) is 0. The number of rotatable bonds is 6. The molecule has 17 heavy (non-hydrogen) atoms. The second kappa shape index (κ2) is 6.40. The maximum Gasteiger partial charge on any atom is 0.234 e. The third kappa shape index (κ3) is 3.86. The first kappa shape index (κ1) is 13.7. The molecule has 0 bridgehead atoms. The van der Waals surface area contributed by atoms with Gasteiger partial charge in [0.2, 0.25) is 5.91 Å². The molecule has 0 heterocycles. The van der Waals surface area contributed by atoms with E-state index in [0.717, 1.165) is 6.42 Å². The average molecular weight is 234 g/mol. The molecule has 0 fully saturated rings. The van der Waals surface area contributed by atoms with Crippen molar-refractivity contribution in [1.82, 2.24) is 5.32 Å². The van der Waals surface area contributed by atoms with Gasteiger partial charge in [0.1, 0.15) is 0 Å². The Morgan fingerprint density at radius 2 is 1.88 bits per heavy atom. The Morgan fingerprint density at radius 3 is 2.35 bits per heavy atom. The van der Waals surface area contributed by atoms with E-state index in [4.69, 9.17) is 5.73 Å². The van der Waals surface area contributed by atoms with Crippen molar-refractivity contribution in [2.75, 3.05) is 0 Å². The van der Waals surface area contributed by atoms with Gasteiger partial charge in [-0.3, -0.25) is 4.79 Å². The fourth-order valence-electron chi connectivity index (χ4n) is 1.96. The second-order valence-electron chi connectivity index (χ2n) is 4.63. The van der Waals surface area contributed by atoms with Gasteiger partial charge in [0.25, 0.3) is 0 Å². The van der Waals surface area contributed by atoms with Crippen LogP contribution in [0.3, 0.4) is 0 Å². The summed E-state index contributed by atoms with van der Waals surface area (Å²) in [4.78, 5) is 11.3. The van der Waals surface area contributed by atoms with Crippen LogP contribution in [0.25, 0.3) is 0 Å². The SMILES string of the molecule is CCc1ccccc1CNC(C(N)=O)C(C)C. The quantitative estimate of drug-likeness (QED) is 0.789. The van der Waals surface area contributed by atoms with Crippen molar-refractivity contribution in [2.24, 2.45) is 11.7 Å². The van der Waals surface area contributed by atoms with Crippen LogP contribution in [-0.2, 0) is 17.8 Å². The molecule has 0 aromatic heterocycles. The molecule has 0 aliphatic carbocycles. The molecule has 1 unspecified atom stereocenters. The van der Waals surface area contributed by atoms with Crippen LogP contribution >= 0.6 is 0 Å². The van der Waals surface area contributed by atoms with Gasteiger partial charge in [0, 0.05) is 6.54 Å². The number of nitrogens with two attached hydrogens (primary N) is 1. The van der Waals surface area contributed by atoms with Crippen LogP contribution in [0.15, 0.2) is 24.3 Å². The molecule has 0 aliphatic heterocycles. The third-order valence-electron chi connectivity index (χ3n) is 2.98. The van der Waals surface area contributed by atoms with Crippen molar-refractivity contribution in [3.63, 3.8) is 0 Å². The monoisotopic (exact) mass is 234 g/mol. The number of benzene rings is 1. The molecular formula is C14H22N2O. The van der Waals surface area contributed by atoms with Crippen molar-refractivity contribution in [2.45, 2.75) is 39.8 Å². The summed E-state index contributed by atoms with van der Waals surface area (Å²) >= 11 is 0. The zero-order valence-electron chi connectivity index (χ0n) is 10.9. The van der Waals surface area contributed by atoms with Gasteiger partial charge in [-0.05, 0) is 23.5 Å². The smallest absolute Gasteiger partial charge is 0.234 e. The van der Waals surface area contributed by atoms with Gasteiger partial charge in [-0.2, -0.15) is 0 Å². The lowest BCUT2D eigenvalue weighted by molar-refractivity contribution is -0.121. The van der Waals surface area contributed by atoms with Gasteiger partial charge < -0.3 is 11.1 Å². The summed E-state index contributed by atoms with van der Waals surface area (Å²) < 4.78 is 0. The predicted molar refractivity (Wildman–Crippen MR) is 70.5 cm³/mol. The van der Waals surface area contributed by atoms with E-state index >= 15 is 0 Å². The van der Waals surface area contributed by atoms with E-state index in [1.807, 2.05) is 26.0 Å². The van der Waals surface area contributed by atoms with Gasteiger partial charge >= 0.3 is 0 Å².